The van der Waals surface area contributed by atoms with Gasteiger partial charge in [-0.1, -0.05) is 27.5 Å². The summed E-state index contributed by atoms with van der Waals surface area (Å²) in [4.78, 5) is 17.3. The Morgan fingerprint density at radius 3 is 2.42 bits per heavy atom. The quantitative estimate of drug-likeness (QED) is 0.383. The van der Waals surface area contributed by atoms with Crippen LogP contribution in [0, 0.1) is 0 Å². The van der Waals surface area contributed by atoms with E-state index < -0.39 is 0 Å². The second-order valence-corrected chi connectivity index (χ2v) is 7.49. The fraction of sp³-hybridized carbons (Fsp3) is 0.0526. The zero-order chi connectivity index (χ0) is 18.5. The number of benzene rings is 2. The number of thioether (sulfide) groups is 1. The molecule has 0 spiro atoms. The molecule has 0 aliphatic rings. The molecule has 3 aromatic rings. The summed E-state index contributed by atoms with van der Waals surface area (Å²) in [5.41, 5.74) is 1.95. The molecule has 0 saturated heterocycles. The third-order valence-electron chi connectivity index (χ3n) is 3.61. The molecule has 1 N–H and O–H groups in total. The molecule has 0 aliphatic heterocycles. The monoisotopic (exact) mass is 447 g/mol. The number of aromatic nitrogens is 2. The number of carbonyl (C=O) groups is 1. The Bertz CT molecular complexity index is 922. The fourth-order valence-corrected chi connectivity index (χ4v) is 3.34. The summed E-state index contributed by atoms with van der Waals surface area (Å²) in [6.45, 7) is 0. The van der Waals surface area contributed by atoms with Crippen molar-refractivity contribution in [2.24, 2.45) is 0 Å². The van der Waals surface area contributed by atoms with E-state index in [-0.39, 0.29) is 5.78 Å². The Labute approximate surface area is 169 Å². The van der Waals surface area contributed by atoms with E-state index in [1.54, 1.807) is 47.6 Å². The molecule has 0 atom stereocenters. The molecular weight excluding hydrogens is 434 g/mol. The molecule has 0 bridgehead atoms. The average Bonchev–Trinajstić information content (AvgIpc) is 3.17. The number of rotatable bonds is 6. The molecule has 2 aromatic carbocycles. The van der Waals surface area contributed by atoms with Gasteiger partial charge in [-0.05, 0) is 54.8 Å². The van der Waals surface area contributed by atoms with Crippen molar-refractivity contribution in [3.63, 3.8) is 0 Å². The van der Waals surface area contributed by atoms with E-state index in [1.807, 2.05) is 30.5 Å². The molecule has 1 aromatic heterocycles. The number of imidazole rings is 1. The molecule has 7 heteroatoms. The van der Waals surface area contributed by atoms with Gasteiger partial charge in [0, 0.05) is 33.1 Å². The van der Waals surface area contributed by atoms with E-state index >= 15 is 0 Å². The third kappa shape index (κ3) is 4.38. The van der Waals surface area contributed by atoms with Crippen molar-refractivity contribution in [2.75, 3.05) is 11.6 Å². The van der Waals surface area contributed by atoms with Gasteiger partial charge in [0.2, 0.25) is 5.78 Å². The van der Waals surface area contributed by atoms with E-state index in [1.165, 1.54) is 11.8 Å². The predicted molar refractivity (Wildman–Crippen MR) is 113 cm³/mol. The van der Waals surface area contributed by atoms with Crippen molar-refractivity contribution >= 4 is 56.5 Å². The smallest absolute Gasteiger partial charge is 0.212 e. The van der Waals surface area contributed by atoms with Crippen molar-refractivity contribution in [2.45, 2.75) is 0 Å². The van der Waals surface area contributed by atoms with E-state index in [9.17, 15) is 4.79 Å². The Morgan fingerprint density at radius 1 is 1.15 bits per heavy atom. The van der Waals surface area contributed by atoms with Gasteiger partial charge >= 0.3 is 0 Å². The molecule has 3 rings (SSSR count). The standard InChI is InChI=1S/C19H15BrClN3OS/c1-26-19(23-16-8-4-14(20)5-9-16)17(24-11-10-22-12-24)18(25)13-2-6-15(21)7-3-13/h2-12,23H,1H3/b19-17+. The van der Waals surface area contributed by atoms with Crippen molar-refractivity contribution in [3.05, 3.63) is 87.3 Å². The largest absolute Gasteiger partial charge is 0.348 e. The summed E-state index contributed by atoms with van der Waals surface area (Å²) in [6.07, 6.45) is 6.94. The van der Waals surface area contributed by atoms with Gasteiger partial charge in [0.15, 0.2) is 0 Å². The highest BCUT2D eigenvalue weighted by molar-refractivity contribution is 9.10. The number of hydrogen-bond acceptors (Lipinski definition) is 4. The van der Waals surface area contributed by atoms with E-state index in [2.05, 4.69) is 26.2 Å². The fourth-order valence-electron chi connectivity index (χ4n) is 2.34. The summed E-state index contributed by atoms with van der Waals surface area (Å²) < 4.78 is 2.71. The Morgan fingerprint density at radius 2 is 1.85 bits per heavy atom. The van der Waals surface area contributed by atoms with Crippen LogP contribution in [0.3, 0.4) is 0 Å². The first-order valence-electron chi connectivity index (χ1n) is 7.68. The van der Waals surface area contributed by atoms with Gasteiger partial charge in [0.05, 0.1) is 6.33 Å². The van der Waals surface area contributed by atoms with Crippen molar-refractivity contribution in [1.82, 2.24) is 9.55 Å². The maximum absolute atomic E-state index is 13.2. The van der Waals surface area contributed by atoms with Crippen LogP contribution in [0.5, 0.6) is 0 Å². The highest BCUT2D eigenvalue weighted by atomic mass is 79.9. The number of nitrogens with zero attached hydrogens (tertiary/aromatic N) is 2. The number of halogens is 2. The van der Waals surface area contributed by atoms with Gasteiger partial charge in [-0.15, -0.1) is 11.8 Å². The predicted octanol–water partition coefficient (Wildman–Crippen LogP) is 5.78. The Kier molecular flexibility index (Phi) is 6.19. The van der Waals surface area contributed by atoms with Crippen molar-refractivity contribution < 1.29 is 4.79 Å². The third-order valence-corrected chi connectivity index (χ3v) is 5.09. The molecule has 0 saturated carbocycles. The van der Waals surface area contributed by atoms with Crippen LogP contribution in [0.2, 0.25) is 5.02 Å². The summed E-state index contributed by atoms with van der Waals surface area (Å²) >= 11 is 10.8. The number of anilines is 1. The molecule has 1 heterocycles. The van der Waals surface area contributed by atoms with Crippen LogP contribution < -0.4 is 5.32 Å². The SMILES string of the molecule is CS/C(Nc1ccc(Br)cc1)=C(\C(=O)c1ccc(Cl)cc1)n1ccnc1. The highest BCUT2D eigenvalue weighted by Gasteiger charge is 2.19. The molecule has 0 aliphatic carbocycles. The zero-order valence-electron chi connectivity index (χ0n) is 13.8. The van der Waals surface area contributed by atoms with Crippen LogP contribution in [0.15, 0.2) is 76.8 Å². The first-order chi connectivity index (χ1) is 12.6. The lowest BCUT2D eigenvalue weighted by molar-refractivity contribution is 0.105. The summed E-state index contributed by atoms with van der Waals surface area (Å²) in [6, 6.07) is 14.6. The average molecular weight is 449 g/mol. The first kappa shape index (κ1) is 18.8. The summed E-state index contributed by atoms with van der Waals surface area (Å²) in [7, 11) is 0. The normalized spacial score (nSPS) is 11.8. The molecule has 0 radical (unpaired) electrons. The number of Topliss-reactive ketones (excluding diaryl/α,β-unsaturated/α-hetero) is 1. The van der Waals surface area contributed by atoms with Crippen molar-refractivity contribution in [1.29, 1.82) is 0 Å². The summed E-state index contributed by atoms with van der Waals surface area (Å²) in [5, 5.41) is 4.65. The highest BCUT2D eigenvalue weighted by Crippen LogP contribution is 2.27. The van der Waals surface area contributed by atoms with Crippen LogP contribution in [0.4, 0.5) is 5.69 Å². The van der Waals surface area contributed by atoms with Gasteiger partial charge < -0.3 is 9.88 Å². The molecule has 0 fully saturated rings. The number of nitrogens with one attached hydrogen (secondary N) is 1. The number of allylic oxidation sites excluding steroid dienone is 1. The minimum atomic E-state index is -0.117. The van der Waals surface area contributed by atoms with E-state index in [0.29, 0.717) is 16.3 Å². The van der Waals surface area contributed by atoms with Gasteiger partial charge in [0.25, 0.3) is 0 Å². The lowest BCUT2D eigenvalue weighted by atomic mass is 10.1. The second kappa shape index (κ2) is 8.58. The van der Waals surface area contributed by atoms with Crippen molar-refractivity contribution in [3.8, 4) is 0 Å². The topological polar surface area (TPSA) is 46.9 Å². The van der Waals surface area contributed by atoms with Crippen LogP contribution in [0.1, 0.15) is 10.4 Å². The van der Waals surface area contributed by atoms with E-state index in [0.717, 1.165) is 15.2 Å². The Balaban J connectivity index is 2.05. The molecule has 0 amide bonds. The Hall–Kier alpha value is -2.02. The minimum Gasteiger partial charge on any atom is -0.348 e. The van der Waals surface area contributed by atoms with Gasteiger partial charge in [-0.3, -0.25) is 4.79 Å². The van der Waals surface area contributed by atoms with Crippen LogP contribution in [-0.2, 0) is 0 Å². The van der Waals surface area contributed by atoms with Gasteiger partial charge in [0.1, 0.15) is 10.7 Å². The summed E-state index contributed by atoms with van der Waals surface area (Å²) in [5.74, 6) is -0.117. The second-order valence-electron chi connectivity index (χ2n) is 5.32. The van der Waals surface area contributed by atoms with Crippen LogP contribution in [0.25, 0.3) is 5.70 Å². The lowest BCUT2D eigenvalue weighted by Crippen LogP contribution is -2.13. The van der Waals surface area contributed by atoms with Gasteiger partial charge in [-0.2, -0.15) is 0 Å². The number of ketones is 1. The van der Waals surface area contributed by atoms with Crippen LogP contribution >= 0.6 is 39.3 Å². The zero-order valence-corrected chi connectivity index (χ0v) is 17.0. The maximum Gasteiger partial charge on any atom is 0.212 e. The molecule has 4 nitrogen and oxygen atoms in total. The molecule has 26 heavy (non-hydrogen) atoms. The number of carbonyl (C=O) groups excluding carboxylic acids is 1. The lowest BCUT2D eigenvalue weighted by Gasteiger charge is -2.16. The van der Waals surface area contributed by atoms with E-state index in [4.69, 9.17) is 11.6 Å². The maximum atomic E-state index is 13.2. The number of hydrogen-bond donors (Lipinski definition) is 1. The molecule has 0 unspecified atom stereocenters. The molecule has 132 valence electrons. The van der Waals surface area contributed by atoms with Crippen LogP contribution in [-0.4, -0.2) is 21.6 Å². The van der Waals surface area contributed by atoms with Gasteiger partial charge in [-0.25, -0.2) is 4.98 Å². The minimum absolute atomic E-state index is 0.117. The molecular formula is C19H15BrClN3OS. The first-order valence-corrected chi connectivity index (χ1v) is 10.1.